The lowest BCUT2D eigenvalue weighted by Gasteiger charge is -2.19. The number of ether oxygens (including phenoxy) is 1. The van der Waals surface area contributed by atoms with Gasteiger partial charge in [-0.15, -0.1) is 0 Å². The van der Waals surface area contributed by atoms with E-state index in [-0.39, 0.29) is 12.0 Å². The maximum absolute atomic E-state index is 13.1. The average molecular weight is 378 g/mol. The van der Waals surface area contributed by atoms with Gasteiger partial charge in [-0.05, 0) is 44.3 Å². The third kappa shape index (κ3) is 3.69. The number of nitrogens with zero attached hydrogens (tertiary/aromatic N) is 4. The van der Waals surface area contributed by atoms with E-state index in [2.05, 4.69) is 11.2 Å². The van der Waals surface area contributed by atoms with Crippen molar-refractivity contribution >= 4 is 11.6 Å². The van der Waals surface area contributed by atoms with Gasteiger partial charge in [0.05, 0.1) is 41.2 Å². The first-order chi connectivity index (χ1) is 13.5. The Morgan fingerprint density at radius 2 is 2.14 bits per heavy atom. The second kappa shape index (κ2) is 7.88. The molecular formula is C20H22N6O2. The maximum atomic E-state index is 13.1. The molecule has 1 aliphatic rings. The molecule has 2 aromatic rings. The van der Waals surface area contributed by atoms with Crippen LogP contribution < -0.4 is 16.2 Å². The van der Waals surface area contributed by atoms with E-state index in [1.54, 1.807) is 33.9 Å². The zero-order chi connectivity index (χ0) is 20.3. The molecule has 1 amide bonds. The van der Waals surface area contributed by atoms with Gasteiger partial charge in [-0.25, -0.2) is 4.68 Å². The first kappa shape index (κ1) is 19.0. The SMILES string of the molecule is CC(C)Oc1ccc(C#N)cc1C(=O)N1Cc2cn(C(/C=C\N)=C/N)nc2C1. The van der Waals surface area contributed by atoms with E-state index in [0.29, 0.717) is 35.7 Å². The summed E-state index contributed by atoms with van der Waals surface area (Å²) < 4.78 is 7.40. The number of aromatic nitrogens is 2. The van der Waals surface area contributed by atoms with Crippen LogP contribution in [0.15, 0.2) is 42.9 Å². The summed E-state index contributed by atoms with van der Waals surface area (Å²) >= 11 is 0. The molecule has 28 heavy (non-hydrogen) atoms. The van der Waals surface area contributed by atoms with Gasteiger partial charge in [0.1, 0.15) is 5.75 Å². The average Bonchev–Trinajstić information content (AvgIpc) is 3.24. The number of hydrogen-bond donors (Lipinski definition) is 2. The van der Waals surface area contributed by atoms with E-state index >= 15 is 0 Å². The maximum Gasteiger partial charge on any atom is 0.258 e. The third-order valence-electron chi connectivity index (χ3n) is 4.27. The molecule has 1 aromatic heterocycles. The van der Waals surface area contributed by atoms with Crippen LogP contribution in [0.2, 0.25) is 0 Å². The lowest BCUT2D eigenvalue weighted by Crippen LogP contribution is -2.27. The van der Waals surface area contributed by atoms with Crippen molar-refractivity contribution in [2.75, 3.05) is 0 Å². The van der Waals surface area contributed by atoms with Crippen molar-refractivity contribution in [1.29, 1.82) is 5.26 Å². The Morgan fingerprint density at radius 1 is 1.36 bits per heavy atom. The summed E-state index contributed by atoms with van der Waals surface area (Å²) in [5.74, 6) is 0.267. The van der Waals surface area contributed by atoms with Gasteiger partial charge >= 0.3 is 0 Å². The smallest absolute Gasteiger partial charge is 0.258 e. The highest BCUT2D eigenvalue weighted by Gasteiger charge is 2.29. The summed E-state index contributed by atoms with van der Waals surface area (Å²) in [4.78, 5) is 14.8. The highest BCUT2D eigenvalue weighted by atomic mass is 16.5. The van der Waals surface area contributed by atoms with Crippen LogP contribution in [0.4, 0.5) is 0 Å². The second-order valence-electron chi connectivity index (χ2n) is 6.65. The van der Waals surface area contributed by atoms with Crippen molar-refractivity contribution in [2.45, 2.75) is 33.0 Å². The number of nitrogens with two attached hydrogens (primary N) is 2. The largest absolute Gasteiger partial charge is 0.490 e. The lowest BCUT2D eigenvalue weighted by molar-refractivity contribution is 0.0743. The number of fused-ring (bicyclic) bond motifs is 1. The van der Waals surface area contributed by atoms with Gasteiger partial charge in [0.2, 0.25) is 0 Å². The molecule has 144 valence electrons. The van der Waals surface area contributed by atoms with Crippen LogP contribution in [-0.2, 0) is 13.1 Å². The number of carbonyl (C=O) groups excluding carboxylic acids is 1. The molecule has 0 radical (unpaired) electrons. The standard InChI is InChI=1S/C20H22N6O2/c1-13(2)28-19-4-3-14(8-22)7-17(19)20(27)25-10-15-11-26(24-18(15)12-25)16(9-23)5-6-21/h3-7,9,11,13H,10,12,21,23H2,1-2H3/b6-5-,16-9+. The molecule has 8 nitrogen and oxygen atoms in total. The zero-order valence-corrected chi connectivity index (χ0v) is 15.8. The summed E-state index contributed by atoms with van der Waals surface area (Å²) in [6, 6.07) is 6.94. The number of benzene rings is 1. The first-order valence-corrected chi connectivity index (χ1v) is 8.84. The monoisotopic (exact) mass is 378 g/mol. The normalized spacial score (nSPS) is 13.8. The van der Waals surface area contributed by atoms with E-state index in [9.17, 15) is 10.1 Å². The molecule has 4 N–H and O–H groups in total. The summed E-state index contributed by atoms with van der Waals surface area (Å²) in [7, 11) is 0. The predicted octanol–water partition coefficient (Wildman–Crippen LogP) is 1.93. The van der Waals surface area contributed by atoms with Gasteiger partial charge in [-0.3, -0.25) is 4.79 Å². The van der Waals surface area contributed by atoms with Crippen LogP contribution in [0, 0.1) is 11.3 Å². The van der Waals surface area contributed by atoms with Crippen molar-refractivity contribution in [3.8, 4) is 11.8 Å². The Hall–Kier alpha value is -3.73. The number of rotatable bonds is 5. The van der Waals surface area contributed by atoms with Crippen LogP contribution >= 0.6 is 0 Å². The molecule has 3 rings (SSSR count). The molecule has 0 aliphatic carbocycles. The molecule has 1 aromatic carbocycles. The number of amides is 1. The van der Waals surface area contributed by atoms with E-state index in [0.717, 1.165) is 11.3 Å². The van der Waals surface area contributed by atoms with Crippen molar-refractivity contribution in [1.82, 2.24) is 14.7 Å². The Labute approximate surface area is 163 Å². The van der Waals surface area contributed by atoms with Crippen LogP contribution in [0.25, 0.3) is 5.70 Å². The molecular weight excluding hydrogens is 356 g/mol. The Kier molecular flexibility index (Phi) is 5.36. The fourth-order valence-corrected chi connectivity index (χ4v) is 3.03. The van der Waals surface area contributed by atoms with Gasteiger partial charge in [-0.1, -0.05) is 0 Å². The highest BCUT2D eigenvalue weighted by molar-refractivity contribution is 5.97. The van der Waals surface area contributed by atoms with Crippen molar-refractivity contribution < 1.29 is 9.53 Å². The van der Waals surface area contributed by atoms with Crippen molar-refractivity contribution in [2.24, 2.45) is 11.5 Å². The molecule has 0 unspecified atom stereocenters. The summed E-state index contributed by atoms with van der Waals surface area (Å²) in [5.41, 5.74) is 14.2. The molecule has 0 saturated carbocycles. The van der Waals surface area contributed by atoms with Gasteiger partial charge < -0.3 is 21.1 Å². The summed E-state index contributed by atoms with van der Waals surface area (Å²) in [6.45, 7) is 4.55. The van der Waals surface area contributed by atoms with Crippen molar-refractivity contribution in [3.05, 3.63) is 65.3 Å². The Bertz CT molecular complexity index is 973. The molecule has 0 spiro atoms. The van der Waals surface area contributed by atoms with Crippen molar-refractivity contribution in [3.63, 3.8) is 0 Å². The Balaban J connectivity index is 1.85. The lowest BCUT2D eigenvalue weighted by atomic mass is 10.1. The van der Waals surface area contributed by atoms with Gasteiger partial charge in [0, 0.05) is 24.5 Å². The van der Waals surface area contributed by atoms with Gasteiger partial charge in [0.25, 0.3) is 5.91 Å². The van der Waals surface area contributed by atoms with Crippen LogP contribution in [0.5, 0.6) is 5.75 Å². The van der Waals surface area contributed by atoms with E-state index in [1.165, 1.54) is 12.4 Å². The number of hydrogen-bond acceptors (Lipinski definition) is 6. The first-order valence-electron chi connectivity index (χ1n) is 8.84. The van der Waals surface area contributed by atoms with Crippen LogP contribution in [0.1, 0.15) is 41.0 Å². The minimum absolute atomic E-state index is 0.0878. The molecule has 1 aliphatic heterocycles. The van der Waals surface area contributed by atoms with E-state index in [4.69, 9.17) is 16.2 Å². The number of allylic oxidation sites excluding steroid dienone is 2. The van der Waals surface area contributed by atoms with Gasteiger partial charge in [-0.2, -0.15) is 10.4 Å². The van der Waals surface area contributed by atoms with E-state index < -0.39 is 0 Å². The van der Waals surface area contributed by atoms with E-state index in [1.807, 2.05) is 20.0 Å². The van der Waals surface area contributed by atoms with Crippen LogP contribution in [-0.4, -0.2) is 26.7 Å². The highest BCUT2D eigenvalue weighted by Crippen LogP contribution is 2.28. The topological polar surface area (TPSA) is 123 Å². The quantitative estimate of drug-likeness (QED) is 0.766. The minimum atomic E-state index is -0.200. The molecule has 0 fully saturated rings. The number of nitriles is 1. The summed E-state index contributed by atoms with van der Waals surface area (Å²) in [6.07, 6.45) is 6.19. The molecule has 0 bridgehead atoms. The zero-order valence-electron chi connectivity index (χ0n) is 15.8. The fraction of sp³-hybridized carbons (Fsp3) is 0.250. The van der Waals surface area contributed by atoms with Crippen LogP contribution in [0.3, 0.4) is 0 Å². The molecule has 0 atom stereocenters. The third-order valence-corrected chi connectivity index (χ3v) is 4.27. The molecule has 8 heteroatoms. The molecule has 2 heterocycles. The minimum Gasteiger partial charge on any atom is -0.490 e. The number of carbonyl (C=O) groups is 1. The molecule has 0 saturated heterocycles. The Morgan fingerprint density at radius 3 is 2.75 bits per heavy atom. The summed E-state index contributed by atoms with van der Waals surface area (Å²) in [5, 5.41) is 13.7. The van der Waals surface area contributed by atoms with Gasteiger partial charge in [0.15, 0.2) is 0 Å². The fourth-order valence-electron chi connectivity index (χ4n) is 3.03. The second-order valence-corrected chi connectivity index (χ2v) is 6.65. The predicted molar refractivity (Wildman–Crippen MR) is 105 cm³/mol.